The highest BCUT2D eigenvalue weighted by Gasteiger charge is 2.23. The zero-order chi connectivity index (χ0) is 14.4. The standard InChI is InChI=1S/C14H14ClNO4/c15-11-3-4-12(10(8-11)2-1-5-17)16-14(18)13-9-19-6-7-20-13/h3-4,8,13,17H,5-7,9H2,(H,16,18). The fourth-order valence-corrected chi connectivity index (χ4v) is 1.89. The second-order valence-electron chi connectivity index (χ2n) is 4.07. The highest BCUT2D eigenvalue weighted by molar-refractivity contribution is 6.30. The molecule has 2 rings (SSSR count). The molecule has 0 radical (unpaired) electrons. The molecule has 0 saturated carbocycles. The quantitative estimate of drug-likeness (QED) is 0.800. The van der Waals surface area contributed by atoms with Crippen LogP contribution in [0.1, 0.15) is 5.56 Å². The molecule has 20 heavy (non-hydrogen) atoms. The number of nitrogens with one attached hydrogen (secondary N) is 1. The summed E-state index contributed by atoms with van der Waals surface area (Å²) in [6.45, 7) is 0.865. The van der Waals surface area contributed by atoms with Crippen molar-refractivity contribution >= 4 is 23.2 Å². The van der Waals surface area contributed by atoms with Crippen LogP contribution in [0.3, 0.4) is 0 Å². The SMILES string of the molecule is O=C(Nc1ccc(Cl)cc1C#CCO)C1COCCO1. The third kappa shape index (κ3) is 3.95. The number of anilines is 1. The van der Waals surface area contributed by atoms with Crippen molar-refractivity contribution in [3.63, 3.8) is 0 Å². The Hall–Kier alpha value is -1.58. The lowest BCUT2D eigenvalue weighted by atomic mass is 10.1. The Bertz CT molecular complexity index is 544. The van der Waals surface area contributed by atoms with Crippen LogP contribution in [0.4, 0.5) is 5.69 Å². The second kappa shape index (κ2) is 7.27. The highest BCUT2D eigenvalue weighted by Crippen LogP contribution is 2.20. The number of carbonyl (C=O) groups is 1. The van der Waals surface area contributed by atoms with Gasteiger partial charge in [-0.1, -0.05) is 23.4 Å². The normalized spacial score (nSPS) is 18.0. The summed E-state index contributed by atoms with van der Waals surface area (Å²) >= 11 is 5.89. The van der Waals surface area contributed by atoms with Crippen LogP contribution in [0.2, 0.25) is 5.02 Å². The van der Waals surface area contributed by atoms with Crippen molar-refractivity contribution in [1.29, 1.82) is 0 Å². The number of carbonyl (C=O) groups excluding carboxylic acids is 1. The number of rotatable bonds is 2. The maximum atomic E-state index is 12.0. The molecule has 1 amide bonds. The maximum Gasteiger partial charge on any atom is 0.255 e. The molecular formula is C14H14ClNO4. The maximum absolute atomic E-state index is 12.0. The van der Waals surface area contributed by atoms with E-state index in [9.17, 15) is 4.79 Å². The molecule has 6 heteroatoms. The van der Waals surface area contributed by atoms with Crippen LogP contribution in [-0.4, -0.2) is 43.5 Å². The molecule has 1 unspecified atom stereocenters. The van der Waals surface area contributed by atoms with E-state index in [0.29, 0.717) is 29.5 Å². The summed E-state index contributed by atoms with van der Waals surface area (Å²) in [4.78, 5) is 12.0. The van der Waals surface area contributed by atoms with E-state index in [1.54, 1.807) is 18.2 Å². The van der Waals surface area contributed by atoms with Gasteiger partial charge in [0.15, 0.2) is 6.10 Å². The van der Waals surface area contributed by atoms with E-state index in [1.165, 1.54) is 0 Å². The molecule has 0 aliphatic carbocycles. The van der Waals surface area contributed by atoms with Gasteiger partial charge in [0.25, 0.3) is 5.91 Å². The molecule has 1 aromatic carbocycles. The summed E-state index contributed by atoms with van der Waals surface area (Å²) in [7, 11) is 0. The van der Waals surface area contributed by atoms with E-state index in [4.69, 9.17) is 26.2 Å². The van der Waals surface area contributed by atoms with Crippen molar-refractivity contribution in [3.8, 4) is 11.8 Å². The third-order valence-electron chi connectivity index (χ3n) is 2.65. The average Bonchev–Trinajstić information content (AvgIpc) is 2.48. The average molecular weight is 296 g/mol. The van der Waals surface area contributed by atoms with Crippen LogP contribution in [0.5, 0.6) is 0 Å². The molecular weight excluding hydrogens is 282 g/mol. The molecule has 106 valence electrons. The molecule has 2 N–H and O–H groups in total. The predicted molar refractivity (Wildman–Crippen MR) is 74.6 cm³/mol. The summed E-state index contributed by atoms with van der Waals surface area (Å²) in [5.41, 5.74) is 1.06. The van der Waals surface area contributed by atoms with Gasteiger partial charge in [-0.25, -0.2) is 0 Å². The lowest BCUT2D eigenvalue weighted by Crippen LogP contribution is -2.39. The molecule has 1 aliphatic heterocycles. The molecule has 1 saturated heterocycles. The Kier molecular flexibility index (Phi) is 5.39. The van der Waals surface area contributed by atoms with Crippen molar-refractivity contribution in [2.45, 2.75) is 6.10 Å². The van der Waals surface area contributed by atoms with Crippen molar-refractivity contribution in [1.82, 2.24) is 0 Å². The number of aliphatic hydroxyl groups excluding tert-OH is 1. The van der Waals surface area contributed by atoms with Crippen LogP contribution in [-0.2, 0) is 14.3 Å². The van der Waals surface area contributed by atoms with Crippen molar-refractivity contribution in [2.75, 3.05) is 31.7 Å². The van der Waals surface area contributed by atoms with E-state index in [-0.39, 0.29) is 19.1 Å². The van der Waals surface area contributed by atoms with Crippen LogP contribution < -0.4 is 5.32 Å². The summed E-state index contributed by atoms with van der Waals surface area (Å²) in [5, 5.41) is 12.0. The molecule has 1 heterocycles. The summed E-state index contributed by atoms with van der Waals surface area (Å²) in [6, 6.07) is 4.93. The number of aliphatic hydroxyl groups is 1. The minimum atomic E-state index is -0.627. The number of halogens is 1. The van der Waals surface area contributed by atoms with Crippen molar-refractivity contribution in [2.24, 2.45) is 0 Å². The van der Waals surface area contributed by atoms with Crippen LogP contribution >= 0.6 is 11.6 Å². The minimum absolute atomic E-state index is 0.233. The summed E-state index contributed by atoms with van der Waals surface area (Å²) in [5.74, 6) is 4.97. The smallest absolute Gasteiger partial charge is 0.255 e. The van der Waals surface area contributed by atoms with Gasteiger partial charge in [-0.05, 0) is 18.2 Å². The van der Waals surface area contributed by atoms with E-state index in [1.807, 2.05) is 0 Å². The first-order valence-corrected chi connectivity index (χ1v) is 6.48. The molecule has 1 fully saturated rings. The first-order valence-electron chi connectivity index (χ1n) is 6.10. The zero-order valence-corrected chi connectivity index (χ0v) is 11.4. The third-order valence-corrected chi connectivity index (χ3v) is 2.89. The van der Waals surface area contributed by atoms with Gasteiger partial charge in [0, 0.05) is 10.6 Å². The van der Waals surface area contributed by atoms with E-state index < -0.39 is 6.10 Å². The van der Waals surface area contributed by atoms with Crippen molar-refractivity contribution in [3.05, 3.63) is 28.8 Å². The molecule has 0 spiro atoms. The van der Waals surface area contributed by atoms with Gasteiger partial charge < -0.3 is 19.9 Å². The Morgan fingerprint density at radius 3 is 3.05 bits per heavy atom. The minimum Gasteiger partial charge on any atom is -0.384 e. The van der Waals surface area contributed by atoms with Crippen LogP contribution in [0, 0.1) is 11.8 Å². The van der Waals surface area contributed by atoms with Crippen LogP contribution in [0.15, 0.2) is 18.2 Å². The fraction of sp³-hybridized carbons (Fsp3) is 0.357. The van der Waals surface area contributed by atoms with E-state index in [0.717, 1.165) is 0 Å². The topological polar surface area (TPSA) is 67.8 Å². The largest absolute Gasteiger partial charge is 0.384 e. The lowest BCUT2D eigenvalue weighted by Gasteiger charge is -2.22. The van der Waals surface area contributed by atoms with Gasteiger partial charge in [0.05, 0.1) is 25.5 Å². The first-order chi connectivity index (χ1) is 9.70. The zero-order valence-electron chi connectivity index (χ0n) is 10.7. The number of hydrogen-bond donors (Lipinski definition) is 2. The van der Waals surface area contributed by atoms with Gasteiger partial charge >= 0.3 is 0 Å². The second-order valence-corrected chi connectivity index (χ2v) is 4.51. The highest BCUT2D eigenvalue weighted by atomic mass is 35.5. The fourth-order valence-electron chi connectivity index (χ4n) is 1.72. The number of amides is 1. The monoisotopic (exact) mass is 295 g/mol. The van der Waals surface area contributed by atoms with E-state index >= 15 is 0 Å². The van der Waals surface area contributed by atoms with Crippen LogP contribution in [0.25, 0.3) is 0 Å². The first kappa shape index (κ1) is 14.8. The van der Waals surface area contributed by atoms with E-state index in [2.05, 4.69) is 17.2 Å². The van der Waals surface area contributed by atoms with Crippen molar-refractivity contribution < 1.29 is 19.4 Å². The Labute approximate surface area is 121 Å². The number of benzene rings is 1. The molecule has 5 nitrogen and oxygen atoms in total. The molecule has 1 aromatic rings. The van der Waals surface area contributed by atoms with Gasteiger partial charge in [-0.15, -0.1) is 0 Å². The van der Waals surface area contributed by atoms with Gasteiger partial charge in [-0.2, -0.15) is 0 Å². The molecule has 1 atom stereocenters. The summed E-state index contributed by atoms with van der Waals surface area (Å²) in [6.07, 6.45) is -0.627. The number of ether oxygens (including phenoxy) is 2. The predicted octanol–water partition coefficient (Wildman–Crippen LogP) is 1.04. The molecule has 0 bridgehead atoms. The molecule has 0 aromatic heterocycles. The Balaban J connectivity index is 2.13. The lowest BCUT2D eigenvalue weighted by molar-refractivity contribution is -0.142. The van der Waals surface area contributed by atoms with Gasteiger partial charge in [-0.3, -0.25) is 4.79 Å². The Morgan fingerprint density at radius 2 is 2.35 bits per heavy atom. The van der Waals surface area contributed by atoms with Gasteiger partial charge in [0.1, 0.15) is 6.61 Å². The van der Waals surface area contributed by atoms with Gasteiger partial charge in [0.2, 0.25) is 0 Å². The number of hydrogen-bond acceptors (Lipinski definition) is 4. The molecule has 1 aliphatic rings. The Morgan fingerprint density at radius 1 is 1.50 bits per heavy atom. The summed E-state index contributed by atoms with van der Waals surface area (Å²) < 4.78 is 10.5.